The van der Waals surface area contributed by atoms with Crippen molar-refractivity contribution in [2.75, 3.05) is 75.9 Å². The summed E-state index contributed by atoms with van der Waals surface area (Å²) in [5.74, 6) is 1.25. The first-order chi connectivity index (χ1) is 19.5. The maximum absolute atomic E-state index is 14.2. The largest absolute Gasteiger partial charge is 0.378 e. The number of likely N-dealkylation sites (N-methyl/N-ethyl adjacent to an activating group) is 1. The highest BCUT2D eigenvalue weighted by atomic mass is 19.3. The first-order valence-electron chi connectivity index (χ1n) is 14.2. The van der Waals surface area contributed by atoms with Crippen molar-refractivity contribution >= 4 is 28.6 Å². The van der Waals surface area contributed by atoms with Crippen molar-refractivity contribution in [3.63, 3.8) is 0 Å². The van der Waals surface area contributed by atoms with E-state index in [0.29, 0.717) is 87.7 Å². The molecule has 3 aliphatic rings. The Balaban J connectivity index is 1.27. The predicted molar refractivity (Wildman–Crippen MR) is 148 cm³/mol. The number of fused-ring (bicyclic) bond motifs is 1. The molecule has 10 nitrogen and oxygen atoms in total. The maximum Gasteiger partial charge on any atom is 0.296 e. The standard InChI is InChI=1S/C28H36F2N8O2/c1-34(20-6-2-3-7-20)19-25(39)37-12-10-35(11-13-37)23-18-24(36-14-16-40-17-15-36)33-28(32-23)38-22-9-5-4-8-21(22)31-27(38)26(29)30/h4-5,8-9,18,20,26H,2-3,6-7,10-17,19H2,1H3. The van der Waals surface area contributed by atoms with E-state index in [-0.39, 0.29) is 17.7 Å². The molecule has 0 unspecified atom stereocenters. The van der Waals surface area contributed by atoms with Crippen molar-refractivity contribution < 1.29 is 18.3 Å². The number of halogens is 2. The zero-order valence-electron chi connectivity index (χ0n) is 22.9. The molecule has 40 heavy (non-hydrogen) atoms. The lowest BCUT2D eigenvalue weighted by Crippen LogP contribution is -2.52. The summed E-state index contributed by atoms with van der Waals surface area (Å²) in [5.41, 5.74) is 0.999. The number of carbonyl (C=O) groups is 1. The Morgan fingerprint density at radius 1 is 0.975 bits per heavy atom. The van der Waals surface area contributed by atoms with Crippen LogP contribution >= 0.6 is 0 Å². The van der Waals surface area contributed by atoms with E-state index < -0.39 is 6.43 Å². The molecule has 1 aliphatic carbocycles. The van der Waals surface area contributed by atoms with Crippen LogP contribution < -0.4 is 9.80 Å². The molecule has 2 aliphatic heterocycles. The highest BCUT2D eigenvalue weighted by Crippen LogP contribution is 2.30. The molecule has 2 saturated heterocycles. The number of hydrogen-bond acceptors (Lipinski definition) is 8. The summed E-state index contributed by atoms with van der Waals surface area (Å²) in [7, 11) is 2.05. The normalized spacial score (nSPS) is 19.0. The van der Waals surface area contributed by atoms with Crippen LogP contribution in [0.1, 0.15) is 37.9 Å². The maximum atomic E-state index is 14.2. The van der Waals surface area contributed by atoms with Crippen molar-refractivity contribution in [3.8, 4) is 5.95 Å². The summed E-state index contributed by atoms with van der Waals surface area (Å²) in [4.78, 5) is 35.1. The minimum Gasteiger partial charge on any atom is -0.378 e. The smallest absolute Gasteiger partial charge is 0.296 e. The van der Waals surface area contributed by atoms with Crippen LogP contribution in [0.4, 0.5) is 20.4 Å². The van der Waals surface area contributed by atoms with Gasteiger partial charge in [-0.15, -0.1) is 0 Å². The fraction of sp³-hybridized carbons (Fsp3) is 0.571. The second-order valence-corrected chi connectivity index (χ2v) is 10.8. The summed E-state index contributed by atoms with van der Waals surface area (Å²) >= 11 is 0. The van der Waals surface area contributed by atoms with Crippen molar-refractivity contribution in [2.24, 2.45) is 0 Å². The molecular weight excluding hydrogens is 518 g/mol. The number of hydrogen-bond donors (Lipinski definition) is 0. The van der Waals surface area contributed by atoms with E-state index >= 15 is 0 Å². The van der Waals surface area contributed by atoms with Crippen molar-refractivity contribution in [3.05, 3.63) is 36.2 Å². The number of amides is 1. The number of ether oxygens (including phenoxy) is 1. The molecule has 0 bridgehead atoms. The number of carbonyl (C=O) groups excluding carboxylic acids is 1. The number of nitrogens with zero attached hydrogens (tertiary/aromatic N) is 8. The van der Waals surface area contributed by atoms with Gasteiger partial charge in [0.15, 0.2) is 5.82 Å². The predicted octanol–water partition coefficient (Wildman–Crippen LogP) is 3.11. The number of piperazine rings is 1. The first kappa shape index (κ1) is 26.8. The van der Waals surface area contributed by atoms with Gasteiger partial charge in [0.05, 0.1) is 30.8 Å². The molecule has 1 aromatic carbocycles. The van der Waals surface area contributed by atoms with Crippen LogP contribution in [-0.2, 0) is 9.53 Å². The van der Waals surface area contributed by atoms with Gasteiger partial charge in [0, 0.05) is 51.4 Å². The number of morpholine rings is 1. The fourth-order valence-corrected chi connectivity index (χ4v) is 6.00. The molecule has 3 aromatic rings. The van der Waals surface area contributed by atoms with E-state index in [2.05, 4.69) is 19.7 Å². The van der Waals surface area contributed by atoms with E-state index in [4.69, 9.17) is 14.7 Å². The zero-order chi connectivity index (χ0) is 27.6. The average molecular weight is 555 g/mol. The third-order valence-electron chi connectivity index (χ3n) is 8.29. The third kappa shape index (κ3) is 5.46. The van der Waals surface area contributed by atoms with E-state index in [0.717, 1.165) is 0 Å². The Kier molecular flexibility index (Phi) is 7.79. The minimum absolute atomic E-state index is 0.151. The Hall–Kier alpha value is -3.38. The lowest BCUT2D eigenvalue weighted by molar-refractivity contribution is -0.132. The molecule has 0 spiro atoms. The number of para-hydroxylation sites is 2. The van der Waals surface area contributed by atoms with Gasteiger partial charge in [-0.3, -0.25) is 14.3 Å². The van der Waals surface area contributed by atoms with Crippen LogP contribution in [-0.4, -0.2) is 107 Å². The molecule has 4 heterocycles. The monoisotopic (exact) mass is 554 g/mol. The van der Waals surface area contributed by atoms with Gasteiger partial charge < -0.3 is 19.4 Å². The first-order valence-corrected chi connectivity index (χ1v) is 14.2. The average Bonchev–Trinajstić information content (AvgIpc) is 3.66. The Morgan fingerprint density at radius 3 is 2.30 bits per heavy atom. The summed E-state index contributed by atoms with van der Waals surface area (Å²) in [6.45, 7) is 5.25. The van der Waals surface area contributed by atoms with Crippen LogP contribution in [0.2, 0.25) is 0 Å². The topological polar surface area (TPSA) is 82.9 Å². The molecular formula is C28H36F2N8O2. The van der Waals surface area contributed by atoms with Gasteiger partial charge in [-0.2, -0.15) is 9.97 Å². The van der Waals surface area contributed by atoms with Gasteiger partial charge in [0.2, 0.25) is 11.9 Å². The lowest BCUT2D eigenvalue weighted by Gasteiger charge is -2.37. The Labute approximate surface area is 232 Å². The molecule has 214 valence electrons. The third-order valence-corrected chi connectivity index (χ3v) is 8.29. The van der Waals surface area contributed by atoms with Gasteiger partial charge in [-0.05, 0) is 32.0 Å². The Morgan fingerprint density at radius 2 is 1.62 bits per heavy atom. The highest BCUT2D eigenvalue weighted by Gasteiger charge is 2.28. The second kappa shape index (κ2) is 11.6. The number of alkyl halides is 2. The molecule has 2 aromatic heterocycles. The summed E-state index contributed by atoms with van der Waals surface area (Å²) in [5, 5.41) is 0. The van der Waals surface area contributed by atoms with Crippen LogP contribution in [0.3, 0.4) is 0 Å². The zero-order valence-corrected chi connectivity index (χ0v) is 22.9. The number of imidazole rings is 1. The van der Waals surface area contributed by atoms with Gasteiger partial charge in [-0.25, -0.2) is 13.8 Å². The van der Waals surface area contributed by atoms with E-state index in [9.17, 15) is 13.6 Å². The number of anilines is 2. The van der Waals surface area contributed by atoms with Crippen molar-refractivity contribution in [1.29, 1.82) is 0 Å². The molecule has 0 atom stereocenters. The minimum atomic E-state index is -2.79. The SMILES string of the molecule is CN(CC(=O)N1CCN(c2cc(N3CCOCC3)nc(-n3c(C(F)F)nc4ccccc43)n2)CC1)C1CCCC1. The Bertz CT molecular complexity index is 1330. The molecule has 1 amide bonds. The van der Waals surface area contributed by atoms with E-state index in [1.807, 2.05) is 18.0 Å². The quantitative estimate of drug-likeness (QED) is 0.441. The van der Waals surface area contributed by atoms with Crippen LogP contribution in [0, 0.1) is 0 Å². The molecule has 0 N–H and O–H groups in total. The van der Waals surface area contributed by atoms with Crippen molar-refractivity contribution in [1.82, 2.24) is 29.3 Å². The van der Waals surface area contributed by atoms with Gasteiger partial charge in [0.1, 0.15) is 11.6 Å². The fourth-order valence-electron chi connectivity index (χ4n) is 6.00. The molecule has 6 rings (SSSR count). The molecule has 1 saturated carbocycles. The lowest BCUT2D eigenvalue weighted by atomic mass is 10.2. The van der Waals surface area contributed by atoms with Gasteiger partial charge in [-0.1, -0.05) is 25.0 Å². The number of aromatic nitrogens is 4. The highest BCUT2D eigenvalue weighted by molar-refractivity contribution is 5.79. The van der Waals surface area contributed by atoms with Crippen LogP contribution in [0.15, 0.2) is 30.3 Å². The van der Waals surface area contributed by atoms with E-state index in [1.165, 1.54) is 30.3 Å². The van der Waals surface area contributed by atoms with E-state index in [1.54, 1.807) is 24.3 Å². The second-order valence-electron chi connectivity index (χ2n) is 10.8. The number of rotatable bonds is 7. The van der Waals surface area contributed by atoms with Crippen LogP contribution in [0.5, 0.6) is 0 Å². The molecule has 3 fully saturated rings. The molecule has 0 radical (unpaired) electrons. The van der Waals surface area contributed by atoms with Crippen LogP contribution in [0.25, 0.3) is 17.0 Å². The molecule has 12 heteroatoms. The summed E-state index contributed by atoms with van der Waals surface area (Å²) < 4.78 is 35.2. The summed E-state index contributed by atoms with van der Waals surface area (Å²) in [6.07, 6.45) is 2.02. The van der Waals surface area contributed by atoms with Gasteiger partial charge in [0.25, 0.3) is 6.43 Å². The van der Waals surface area contributed by atoms with Crippen molar-refractivity contribution in [2.45, 2.75) is 38.2 Å². The number of benzene rings is 1. The summed E-state index contributed by atoms with van der Waals surface area (Å²) in [6, 6.07) is 9.46. The van der Waals surface area contributed by atoms with Gasteiger partial charge >= 0.3 is 0 Å².